The third kappa shape index (κ3) is 5.02. The molecule has 0 spiro atoms. The van der Waals surface area contributed by atoms with Crippen molar-refractivity contribution >= 4 is 23.2 Å². The molecule has 0 fully saturated rings. The second kappa shape index (κ2) is 7.93. The van der Waals surface area contributed by atoms with E-state index in [1.165, 1.54) is 44.2 Å². The predicted molar refractivity (Wildman–Crippen MR) is 74.4 cm³/mol. The van der Waals surface area contributed by atoms with Crippen molar-refractivity contribution in [3.05, 3.63) is 41.2 Å². The van der Waals surface area contributed by atoms with Gasteiger partial charge in [-0.3, -0.25) is 4.79 Å². The normalized spacial score (nSPS) is 11.7. The summed E-state index contributed by atoms with van der Waals surface area (Å²) in [6.07, 6.45) is 2.30. The Balaban J connectivity index is 2.77. The molecular weight excluding hydrogens is 269 g/mol. The summed E-state index contributed by atoms with van der Waals surface area (Å²) in [5.74, 6) is -0.612. The van der Waals surface area contributed by atoms with Crippen LogP contribution >= 0.6 is 11.8 Å². The van der Waals surface area contributed by atoms with Crippen LogP contribution in [0.25, 0.3) is 0 Å². The van der Waals surface area contributed by atoms with Crippen LogP contribution in [0.1, 0.15) is 0 Å². The number of nitrogens with one attached hydrogen (secondary N) is 1. The summed E-state index contributed by atoms with van der Waals surface area (Å²) in [6.45, 7) is 0. The lowest BCUT2D eigenvalue weighted by Gasteiger charge is -2.12. The fourth-order valence-corrected chi connectivity index (χ4v) is 1.80. The SMILES string of the molecule is COC(OC)C(=O)/C=C(\Nc1ccc(F)cc1)SC. The van der Waals surface area contributed by atoms with Gasteiger partial charge in [-0.05, 0) is 30.5 Å². The zero-order chi connectivity index (χ0) is 14.3. The number of hydrogen-bond acceptors (Lipinski definition) is 5. The van der Waals surface area contributed by atoms with Gasteiger partial charge in [0.05, 0.1) is 5.03 Å². The van der Waals surface area contributed by atoms with Gasteiger partial charge in [-0.2, -0.15) is 0 Å². The first-order chi connectivity index (χ1) is 9.10. The van der Waals surface area contributed by atoms with E-state index in [9.17, 15) is 9.18 Å². The Morgan fingerprint density at radius 2 is 1.89 bits per heavy atom. The highest BCUT2D eigenvalue weighted by Gasteiger charge is 2.15. The number of ketones is 1. The lowest BCUT2D eigenvalue weighted by atomic mass is 10.3. The number of carbonyl (C=O) groups excluding carboxylic acids is 1. The third-order valence-electron chi connectivity index (χ3n) is 2.27. The van der Waals surface area contributed by atoms with Gasteiger partial charge in [0.25, 0.3) is 0 Å². The van der Waals surface area contributed by atoms with Crippen molar-refractivity contribution in [1.29, 1.82) is 0 Å². The molecule has 0 atom stereocenters. The highest BCUT2D eigenvalue weighted by Crippen LogP contribution is 2.18. The summed E-state index contributed by atoms with van der Waals surface area (Å²) in [5.41, 5.74) is 0.696. The van der Waals surface area contributed by atoms with Gasteiger partial charge >= 0.3 is 0 Å². The minimum Gasteiger partial charge on any atom is -0.350 e. The molecule has 0 unspecified atom stereocenters. The molecule has 0 amide bonds. The molecular formula is C13H16FNO3S. The van der Waals surface area contributed by atoms with Crippen LogP contribution in [0, 0.1) is 5.82 Å². The molecule has 0 heterocycles. The fraction of sp³-hybridized carbons (Fsp3) is 0.308. The standard InChI is InChI=1S/C13H16FNO3S/c1-17-13(18-2)11(16)8-12(19-3)15-10-6-4-9(14)5-7-10/h4-8,13,15H,1-3H3/b12-8+. The topological polar surface area (TPSA) is 47.6 Å². The lowest BCUT2D eigenvalue weighted by Crippen LogP contribution is -2.23. The molecule has 0 saturated carbocycles. The van der Waals surface area contributed by atoms with E-state index >= 15 is 0 Å². The molecule has 19 heavy (non-hydrogen) atoms. The van der Waals surface area contributed by atoms with E-state index in [0.29, 0.717) is 10.7 Å². The highest BCUT2D eigenvalue weighted by atomic mass is 32.2. The molecule has 4 nitrogen and oxygen atoms in total. The molecule has 0 aliphatic heterocycles. The molecule has 1 aromatic rings. The maximum absolute atomic E-state index is 12.8. The number of rotatable bonds is 7. The fourth-order valence-electron chi connectivity index (χ4n) is 1.35. The number of thioether (sulfide) groups is 1. The highest BCUT2D eigenvalue weighted by molar-refractivity contribution is 8.02. The monoisotopic (exact) mass is 285 g/mol. The van der Waals surface area contributed by atoms with E-state index in [0.717, 1.165) is 0 Å². The summed E-state index contributed by atoms with van der Waals surface area (Å²) in [5, 5.41) is 3.64. The van der Waals surface area contributed by atoms with Crippen LogP contribution in [-0.2, 0) is 14.3 Å². The summed E-state index contributed by atoms with van der Waals surface area (Å²) in [4.78, 5) is 11.8. The Labute approximate surface area is 116 Å². The van der Waals surface area contributed by atoms with E-state index in [2.05, 4.69) is 5.32 Å². The molecule has 6 heteroatoms. The second-order valence-electron chi connectivity index (χ2n) is 3.55. The van der Waals surface area contributed by atoms with Crippen molar-refractivity contribution in [2.24, 2.45) is 0 Å². The number of methoxy groups -OCH3 is 2. The average Bonchev–Trinajstić information content (AvgIpc) is 2.41. The van der Waals surface area contributed by atoms with Crippen molar-refractivity contribution in [2.75, 3.05) is 25.8 Å². The summed E-state index contributed by atoms with van der Waals surface area (Å²) in [7, 11) is 2.79. The van der Waals surface area contributed by atoms with Crippen molar-refractivity contribution < 1.29 is 18.7 Å². The van der Waals surface area contributed by atoms with Crippen LogP contribution in [0.4, 0.5) is 10.1 Å². The second-order valence-corrected chi connectivity index (χ2v) is 4.40. The van der Waals surface area contributed by atoms with Gasteiger partial charge in [0, 0.05) is 26.0 Å². The van der Waals surface area contributed by atoms with Gasteiger partial charge in [0.2, 0.25) is 12.1 Å². The molecule has 104 valence electrons. The van der Waals surface area contributed by atoms with E-state index in [4.69, 9.17) is 9.47 Å². The minimum absolute atomic E-state index is 0.302. The van der Waals surface area contributed by atoms with Gasteiger partial charge in [-0.1, -0.05) is 0 Å². The first kappa shape index (κ1) is 15.7. The third-order valence-corrected chi connectivity index (χ3v) is 2.93. The van der Waals surface area contributed by atoms with Crippen LogP contribution in [-0.4, -0.2) is 32.5 Å². The molecule has 0 aromatic heterocycles. The van der Waals surface area contributed by atoms with Gasteiger partial charge in [0.1, 0.15) is 5.82 Å². The molecule has 0 aliphatic carbocycles. The van der Waals surface area contributed by atoms with E-state index in [-0.39, 0.29) is 11.6 Å². The first-order valence-corrected chi connectivity index (χ1v) is 6.71. The Morgan fingerprint density at radius 1 is 1.32 bits per heavy atom. The number of carbonyl (C=O) groups is 1. The van der Waals surface area contributed by atoms with E-state index in [1.807, 2.05) is 6.26 Å². The quantitative estimate of drug-likeness (QED) is 0.616. The first-order valence-electron chi connectivity index (χ1n) is 5.48. The molecule has 0 radical (unpaired) electrons. The lowest BCUT2D eigenvalue weighted by molar-refractivity contribution is -0.151. The van der Waals surface area contributed by atoms with Gasteiger partial charge in [0.15, 0.2) is 0 Å². The predicted octanol–water partition coefficient (Wildman–Crippen LogP) is 2.63. The number of hydrogen-bond donors (Lipinski definition) is 1. The van der Waals surface area contributed by atoms with Crippen molar-refractivity contribution in [2.45, 2.75) is 6.29 Å². The maximum Gasteiger partial charge on any atom is 0.221 e. The van der Waals surface area contributed by atoms with Gasteiger partial charge < -0.3 is 14.8 Å². The maximum atomic E-state index is 12.8. The van der Waals surface area contributed by atoms with Crippen LogP contribution in [0.3, 0.4) is 0 Å². The Kier molecular flexibility index (Phi) is 6.55. The summed E-state index contributed by atoms with van der Waals surface area (Å²) >= 11 is 1.36. The minimum atomic E-state index is -0.919. The van der Waals surface area contributed by atoms with E-state index in [1.54, 1.807) is 12.1 Å². The smallest absolute Gasteiger partial charge is 0.221 e. The average molecular weight is 285 g/mol. The van der Waals surface area contributed by atoms with Crippen molar-refractivity contribution in [3.8, 4) is 0 Å². The van der Waals surface area contributed by atoms with Crippen LogP contribution in [0.5, 0.6) is 0 Å². The van der Waals surface area contributed by atoms with Gasteiger partial charge in [-0.25, -0.2) is 4.39 Å². The van der Waals surface area contributed by atoms with Crippen molar-refractivity contribution in [3.63, 3.8) is 0 Å². The number of ether oxygens (including phenoxy) is 2. The summed E-state index contributed by atoms with van der Waals surface area (Å²) in [6, 6.07) is 5.87. The van der Waals surface area contributed by atoms with Gasteiger partial charge in [-0.15, -0.1) is 11.8 Å². The van der Waals surface area contributed by atoms with Crippen LogP contribution in [0.15, 0.2) is 35.4 Å². The number of benzene rings is 1. The Bertz CT molecular complexity index is 444. The zero-order valence-corrected chi connectivity index (χ0v) is 11.8. The molecule has 0 saturated heterocycles. The number of halogens is 1. The molecule has 1 aromatic carbocycles. The molecule has 1 rings (SSSR count). The molecule has 0 aliphatic rings. The molecule has 1 N–H and O–H groups in total. The van der Waals surface area contributed by atoms with Crippen LogP contribution < -0.4 is 5.32 Å². The van der Waals surface area contributed by atoms with E-state index < -0.39 is 6.29 Å². The molecule has 0 bridgehead atoms. The summed E-state index contributed by atoms with van der Waals surface area (Å²) < 4.78 is 22.5. The largest absolute Gasteiger partial charge is 0.350 e. The number of anilines is 1. The van der Waals surface area contributed by atoms with Crippen LogP contribution in [0.2, 0.25) is 0 Å². The Hall–Kier alpha value is -1.37. The Morgan fingerprint density at radius 3 is 2.37 bits per heavy atom. The zero-order valence-electron chi connectivity index (χ0n) is 11.0. The van der Waals surface area contributed by atoms with Crippen molar-refractivity contribution in [1.82, 2.24) is 0 Å².